The van der Waals surface area contributed by atoms with E-state index in [4.69, 9.17) is 0 Å². The van der Waals surface area contributed by atoms with Crippen molar-refractivity contribution in [3.8, 4) is 0 Å². The van der Waals surface area contributed by atoms with Crippen LogP contribution in [0.1, 0.15) is 40.0 Å². The molecular weight excluding hydrogens is 453 g/mol. The second-order valence-electron chi connectivity index (χ2n) is 6.62. The Bertz CT molecular complexity index is 491. The molecule has 0 saturated carbocycles. The highest BCUT2D eigenvalue weighted by molar-refractivity contribution is 14.0. The van der Waals surface area contributed by atoms with Crippen LogP contribution in [0.25, 0.3) is 0 Å². The number of likely N-dealkylation sites (tertiary alicyclic amines) is 1. The molecule has 0 aromatic rings. The molecule has 2 N–H and O–H groups in total. The lowest BCUT2D eigenvalue weighted by Crippen LogP contribution is -2.50. The van der Waals surface area contributed by atoms with Gasteiger partial charge in [-0.25, -0.2) is 12.7 Å². The van der Waals surface area contributed by atoms with Gasteiger partial charge in [0.05, 0.1) is 5.75 Å². The molecule has 0 aromatic heterocycles. The Morgan fingerprint density at radius 1 is 1.32 bits per heavy atom. The van der Waals surface area contributed by atoms with Gasteiger partial charge in [-0.05, 0) is 40.0 Å². The van der Waals surface area contributed by atoms with Gasteiger partial charge in [0.2, 0.25) is 10.0 Å². The summed E-state index contributed by atoms with van der Waals surface area (Å²) in [5, 5.41) is 6.75. The zero-order valence-electron chi connectivity index (χ0n) is 16.3. The molecule has 0 atom stereocenters. The highest BCUT2D eigenvalue weighted by Crippen LogP contribution is 2.12. The van der Waals surface area contributed by atoms with Gasteiger partial charge in [-0.2, -0.15) is 0 Å². The summed E-state index contributed by atoms with van der Waals surface area (Å²) in [5.41, 5.74) is 0. The number of guanidine groups is 1. The van der Waals surface area contributed by atoms with Crippen molar-refractivity contribution in [2.24, 2.45) is 4.99 Å². The van der Waals surface area contributed by atoms with Gasteiger partial charge in [-0.1, -0.05) is 0 Å². The molecule has 1 saturated heterocycles. The number of piperidine rings is 1. The Hall–Kier alpha value is -0.130. The van der Waals surface area contributed by atoms with Gasteiger partial charge in [0.25, 0.3) is 0 Å². The molecule has 150 valence electrons. The van der Waals surface area contributed by atoms with E-state index in [1.165, 1.54) is 4.31 Å². The average molecular weight is 489 g/mol. The van der Waals surface area contributed by atoms with Crippen LogP contribution in [0.3, 0.4) is 0 Å². The molecule has 25 heavy (non-hydrogen) atoms. The topological polar surface area (TPSA) is 77.0 Å². The van der Waals surface area contributed by atoms with Gasteiger partial charge < -0.3 is 15.5 Å². The van der Waals surface area contributed by atoms with Gasteiger partial charge in [0.1, 0.15) is 0 Å². The third-order valence-corrected chi connectivity index (χ3v) is 6.47. The van der Waals surface area contributed by atoms with Crippen LogP contribution >= 0.6 is 24.0 Å². The molecule has 1 aliphatic rings. The van der Waals surface area contributed by atoms with Gasteiger partial charge in [0.15, 0.2) is 5.96 Å². The van der Waals surface area contributed by atoms with Crippen molar-refractivity contribution >= 4 is 40.0 Å². The van der Waals surface area contributed by atoms with Crippen LogP contribution < -0.4 is 10.6 Å². The zero-order valence-corrected chi connectivity index (χ0v) is 19.4. The van der Waals surface area contributed by atoms with E-state index in [9.17, 15) is 8.42 Å². The van der Waals surface area contributed by atoms with Crippen molar-refractivity contribution in [3.63, 3.8) is 0 Å². The number of rotatable bonds is 8. The van der Waals surface area contributed by atoms with Crippen LogP contribution in [0.2, 0.25) is 0 Å². The number of hydrogen-bond donors (Lipinski definition) is 2. The van der Waals surface area contributed by atoms with Crippen LogP contribution in [0, 0.1) is 0 Å². The highest BCUT2D eigenvalue weighted by Gasteiger charge is 2.21. The van der Waals surface area contributed by atoms with E-state index >= 15 is 0 Å². The molecule has 0 spiro atoms. The van der Waals surface area contributed by atoms with Crippen LogP contribution in [-0.2, 0) is 10.0 Å². The highest BCUT2D eigenvalue weighted by atomic mass is 127. The van der Waals surface area contributed by atoms with Gasteiger partial charge in [-0.15, -0.1) is 24.0 Å². The monoisotopic (exact) mass is 489 g/mol. The standard InChI is InChI=1S/C16H35N5O2S.HI/c1-6-24(22,23)20(5)11-7-10-18-16(17-4)19-15-8-12-21(13-9-15)14(2)3;/h14-15H,6-13H2,1-5H3,(H2,17,18,19);1H. The quantitative estimate of drug-likeness (QED) is 0.233. The molecule has 0 amide bonds. The number of sulfonamides is 1. The van der Waals surface area contributed by atoms with Crippen molar-refractivity contribution in [1.29, 1.82) is 0 Å². The summed E-state index contributed by atoms with van der Waals surface area (Å²) < 4.78 is 24.8. The van der Waals surface area contributed by atoms with Crippen molar-refractivity contribution in [2.75, 3.05) is 46.0 Å². The Balaban J connectivity index is 0.00000576. The third-order valence-electron chi connectivity index (χ3n) is 4.61. The minimum atomic E-state index is -3.08. The summed E-state index contributed by atoms with van der Waals surface area (Å²) >= 11 is 0. The molecular formula is C16H36IN5O2S. The van der Waals surface area contributed by atoms with Gasteiger partial charge in [0, 0.05) is 52.4 Å². The first kappa shape index (κ1) is 24.9. The first-order chi connectivity index (χ1) is 11.3. The Labute approximate surface area is 171 Å². The summed E-state index contributed by atoms with van der Waals surface area (Å²) in [5.74, 6) is 0.953. The van der Waals surface area contributed by atoms with E-state index in [-0.39, 0.29) is 29.7 Å². The normalized spacial score (nSPS) is 17.6. The summed E-state index contributed by atoms with van der Waals surface area (Å²) in [6.07, 6.45) is 2.99. The van der Waals surface area contributed by atoms with Crippen LogP contribution in [-0.4, -0.2) is 81.7 Å². The summed E-state index contributed by atoms with van der Waals surface area (Å²) in [6, 6.07) is 1.06. The van der Waals surface area contributed by atoms with E-state index in [0.717, 1.165) is 38.3 Å². The summed E-state index contributed by atoms with van der Waals surface area (Å²) in [6.45, 7) is 9.60. The third kappa shape index (κ3) is 8.87. The predicted molar refractivity (Wildman–Crippen MR) is 116 cm³/mol. The molecule has 0 aliphatic carbocycles. The lowest BCUT2D eigenvalue weighted by atomic mass is 10.0. The van der Waals surface area contributed by atoms with Crippen molar-refractivity contribution in [1.82, 2.24) is 19.8 Å². The first-order valence-corrected chi connectivity index (χ1v) is 10.6. The summed E-state index contributed by atoms with van der Waals surface area (Å²) in [4.78, 5) is 6.77. The van der Waals surface area contributed by atoms with E-state index < -0.39 is 10.0 Å². The fourth-order valence-corrected chi connectivity index (χ4v) is 3.66. The van der Waals surface area contributed by atoms with E-state index in [0.29, 0.717) is 25.2 Å². The maximum absolute atomic E-state index is 11.7. The zero-order chi connectivity index (χ0) is 18.2. The average Bonchev–Trinajstić information content (AvgIpc) is 2.57. The molecule has 7 nitrogen and oxygen atoms in total. The smallest absolute Gasteiger partial charge is 0.213 e. The van der Waals surface area contributed by atoms with E-state index in [1.54, 1.807) is 21.0 Å². The largest absolute Gasteiger partial charge is 0.356 e. The SMILES string of the molecule is CCS(=O)(=O)N(C)CCCNC(=NC)NC1CCN(C(C)C)CC1.I. The Morgan fingerprint density at radius 3 is 2.40 bits per heavy atom. The number of nitrogens with one attached hydrogen (secondary N) is 2. The fraction of sp³-hybridized carbons (Fsp3) is 0.938. The van der Waals surface area contributed by atoms with Gasteiger partial charge in [-0.3, -0.25) is 4.99 Å². The molecule has 0 radical (unpaired) electrons. The minimum absolute atomic E-state index is 0. The van der Waals surface area contributed by atoms with Crippen molar-refractivity contribution in [2.45, 2.75) is 52.1 Å². The second-order valence-corrected chi connectivity index (χ2v) is 8.99. The lowest BCUT2D eigenvalue weighted by Gasteiger charge is -2.35. The number of nitrogens with zero attached hydrogens (tertiary/aromatic N) is 3. The van der Waals surface area contributed by atoms with Crippen molar-refractivity contribution < 1.29 is 8.42 Å². The van der Waals surface area contributed by atoms with Crippen LogP contribution in [0.4, 0.5) is 0 Å². The predicted octanol–water partition coefficient (Wildman–Crippen LogP) is 1.31. The van der Waals surface area contributed by atoms with E-state index in [1.807, 2.05) is 0 Å². The van der Waals surface area contributed by atoms with Crippen LogP contribution in [0.5, 0.6) is 0 Å². The van der Waals surface area contributed by atoms with Crippen LogP contribution in [0.15, 0.2) is 4.99 Å². The fourth-order valence-electron chi connectivity index (χ4n) is 2.82. The Morgan fingerprint density at radius 2 is 1.92 bits per heavy atom. The lowest BCUT2D eigenvalue weighted by molar-refractivity contribution is 0.167. The molecule has 1 heterocycles. The minimum Gasteiger partial charge on any atom is -0.356 e. The molecule has 1 fully saturated rings. The van der Waals surface area contributed by atoms with Crippen molar-refractivity contribution in [3.05, 3.63) is 0 Å². The molecule has 0 bridgehead atoms. The summed E-state index contributed by atoms with van der Waals surface area (Å²) in [7, 11) is 0.319. The molecule has 0 aromatic carbocycles. The molecule has 1 rings (SSSR count). The molecule has 1 aliphatic heterocycles. The Kier molecular flexibility index (Phi) is 12.2. The molecule has 9 heteroatoms. The first-order valence-electron chi connectivity index (χ1n) is 8.95. The van der Waals surface area contributed by atoms with Gasteiger partial charge >= 0.3 is 0 Å². The second kappa shape index (κ2) is 12.3. The maximum Gasteiger partial charge on any atom is 0.213 e. The number of aliphatic imine (C=N–C) groups is 1. The number of hydrogen-bond acceptors (Lipinski definition) is 4. The number of halogens is 1. The maximum atomic E-state index is 11.7. The van der Waals surface area contributed by atoms with E-state index in [2.05, 4.69) is 34.4 Å². The molecule has 0 unspecified atom stereocenters.